The number of hydrogen-bond acceptors (Lipinski definition) is 5. The van der Waals surface area contributed by atoms with E-state index in [1.807, 2.05) is 13.8 Å². The summed E-state index contributed by atoms with van der Waals surface area (Å²) in [5, 5.41) is 3.26. The Morgan fingerprint density at radius 2 is 2.19 bits per heavy atom. The summed E-state index contributed by atoms with van der Waals surface area (Å²) in [7, 11) is 0. The highest BCUT2D eigenvalue weighted by molar-refractivity contribution is 5.95. The molecule has 0 saturated carbocycles. The van der Waals surface area contributed by atoms with Gasteiger partial charge in [-0.25, -0.2) is 9.78 Å². The molecule has 2 heterocycles. The van der Waals surface area contributed by atoms with Crippen LogP contribution in [0.15, 0.2) is 23.0 Å². The van der Waals surface area contributed by atoms with Gasteiger partial charge in [-0.1, -0.05) is 13.3 Å². The third kappa shape index (κ3) is 3.76. The molecule has 138 valence electrons. The number of nitrogens with zero attached hydrogens (tertiary/aromatic N) is 2. The van der Waals surface area contributed by atoms with Gasteiger partial charge in [0.15, 0.2) is 6.61 Å². The fourth-order valence-electron chi connectivity index (χ4n) is 3.25. The van der Waals surface area contributed by atoms with Crippen LogP contribution in [0.2, 0.25) is 0 Å². The Labute approximate surface area is 151 Å². The molecule has 1 amide bonds. The summed E-state index contributed by atoms with van der Waals surface area (Å²) >= 11 is 0. The lowest BCUT2D eigenvalue weighted by Crippen LogP contribution is -2.35. The van der Waals surface area contributed by atoms with Crippen molar-refractivity contribution in [1.82, 2.24) is 14.9 Å². The molecular weight excluding hydrogens is 334 g/mol. The molecule has 1 aromatic heterocycles. The molecule has 0 bridgehead atoms. The first-order valence-corrected chi connectivity index (χ1v) is 8.99. The predicted molar refractivity (Wildman–Crippen MR) is 97.1 cm³/mol. The van der Waals surface area contributed by atoms with Crippen molar-refractivity contribution in [3.63, 3.8) is 0 Å². The number of aryl methyl sites for hydroxylation is 1. The Hall–Kier alpha value is -2.70. The normalized spacial score (nSPS) is 14.1. The van der Waals surface area contributed by atoms with Gasteiger partial charge in [-0.15, -0.1) is 0 Å². The van der Waals surface area contributed by atoms with Crippen LogP contribution in [0.25, 0.3) is 10.9 Å². The molecule has 7 nitrogen and oxygen atoms in total. The van der Waals surface area contributed by atoms with E-state index in [-0.39, 0.29) is 29.7 Å². The molecule has 0 aliphatic carbocycles. The third-order valence-electron chi connectivity index (χ3n) is 4.52. The van der Waals surface area contributed by atoms with E-state index in [9.17, 15) is 14.4 Å². The number of hydrogen-bond donors (Lipinski definition) is 1. The van der Waals surface area contributed by atoms with E-state index in [4.69, 9.17) is 4.74 Å². The van der Waals surface area contributed by atoms with Gasteiger partial charge in [0.2, 0.25) is 0 Å². The maximum Gasteiger partial charge on any atom is 0.338 e. The van der Waals surface area contributed by atoms with Crippen LogP contribution in [-0.2, 0) is 22.5 Å². The monoisotopic (exact) mass is 357 g/mol. The van der Waals surface area contributed by atoms with Crippen molar-refractivity contribution in [2.24, 2.45) is 0 Å². The Bertz CT molecular complexity index is 904. The van der Waals surface area contributed by atoms with Crippen LogP contribution in [-0.4, -0.2) is 34.1 Å². The fourth-order valence-corrected chi connectivity index (χ4v) is 3.25. The van der Waals surface area contributed by atoms with Gasteiger partial charge in [0.25, 0.3) is 11.5 Å². The standard InChI is InChI=1S/C19H23N3O4/c1-3-5-12(2)20-17(23)11-26-19(25)13-7-8-14-15(10-13)21-16-6-4-9-22(16)18(14)24/h7-8,10,12H,3-6,9,11H2,1-2H3,(H,20,23)/t12-/m0/s1. The smallest absolute Gasteiger partial charge is 0.338 e. The Balaban J connectivity index is 1.70. The molecule has 1 atom stereocenters. The molecule has 1 N–H and O–H groups in total. The molecular formula is C19H23N3O4. The summed E-state index contributed by atoms with van der Waals surface area (Å²) < 4.78 is 6.76. The number of aromatic nitrogens is 2. The van der Waals surface area contributed by atoms with Gasteiger partial charge in [0, 0.05) is 19.0 Å². The van der Waals surface area contributed by atoms with Crippen LogP contribution in [0.4, 0.5) is 0 Å². The van der Waals surface area contributed by atoms with E-state index >= 15 is 0 Å². The lowest BCUT2D eigenvalue weighted by Gasteiger charge is -2.12. The van der Waals surface area contributed by atoms with Crippen molar-refractivity contribution in [3.8, 4) is 0 Å². The third-order valence-corrected chi connectivity index (χ3v) is 4.52. The van der Waals surface area contributed by atoms with E-state index in [2.05, 4.69) is 10.3 Å². The van der Waals surface area contributed by atoms with Gasteiger partial charge < -0.3 is 10.1 Å². The van der Waals surface area contributed by atoms with Crippen molar-refractivity contribution in [1.29, 1.82) is 0 Å². The predicted octanol–water partition coefficient (Wildman–Crippen LogP) is 1.80. The van der Waals surface area contributed by atoms with Gasteiger partial charge >= 0.3 is 5.97 Å². The molecule has 3 rings (SSSR count). The quantitative estimate of drug-likeness (QED) is 0.796. The number of fused-ring (bicyclic) bond motifs is 2. The minimum Gasteiger partial charge on any atom is -0.452 e. The largest absolute Gasteiger partial charge is 0.452 e. The van der Waals surface area contributed by atoms with Crippen molar-refractivity contribution < 1.29 is 14.3 Å². The number of carbonyl (C=O) groups excluding carboxylic acids is 2. The minimum absolute atomic E-state index is 0.0474. The zero-order chi connectivity index (χ0) is 18.7. The summed E-state index contributed by atoms with van der Waals surface area (Å²) in [6, 6.07) is 4.73. The highest BCUT2D eigenvalue weighted by atomic mass is 16.5. The summed E-state index contributed by atoms with van der Waals surface area (Å²) in [6.07, 6.45) is 3.50. The molecule has 0 unspecified atom stereocenters. The second-order valence-corrected chi connectivity index (χ2v) is 6.65. The summed E-state index contributed by atoms with van der Waals surface area (Å²) in [4.78, 5) is 40.9. The first kappa shape index (κ1) is 18.1. The van der Waals surface area contributed by atoms with Gasteiger partial charge in [-0.2, -0.15) is 0 Å². The fraction of sp³-hybridized carbons (Fsp3) is 0.474. The van der Waals surface area contributed by atoms with Crippen molar-refractivity contribution in [3.05, 3.63) is 39.9 Å². The van der Waals surface area contributed by atoms with E-state index in [1.54, 1.807) is 16.7 Å². The number of esters is 1. The first-order chi connectivity index (χ1) is 12.5. The zero-order valence-corrected chi connectivity index (χ0v) is 15.1. The van der Waals surface area contributed by atoms with Crippen molar-refractivity contribution in [2.75, 3.05) is 6.61 Å². The second-order valence-electron chi connectivity index (χ2n) is 6.65. The van der Waals surface area contributed by atoms with E-state index in [0.29, 0.717) is 17.4 Å². The lowest BCUT2D eigenvalue weighted by molar-refractivity contribution is -0.124. The van der Waals surface area contributed by atoms with Gasteiger partial charge in [0.05, 0.1) is 16.5 Å². The molecule has 26 heavy (non-hydrogen) atoms. The lowest BCUT2D eigenvalue weighted by atomic mass is 10.1. The molecule has 1 aliphatic rings. The van der Waals surface area contributed by atoms with Crippen LogP contribution in [0.5, 0.6) is 0 Å². The Morgan fingerprint density at radius 1 is 1.38 bits per heavy atom. The zero-order valence-electron chi connectivity index (χ0n) is 15.1. The van der Waals surface area contributed by atoms with Gasteiger partial charge in [-0.3, -0.25) is 14.2 Å². The van der Waals surface area contributed by atoms with Crippen LogP contribution in [0.1, 0.15) is 49.3 Å². The average molecular weight is 357 g/mol. The van der Waals surface area contributed by atoms with E-state index in [1.165, 1.54) is 6.07 Å². The summed E-state index contributed by atoms with van der Waals surface area (Å²) in [5.74, 6) is -0.181. The van der Waals surface area contributed by atoms with E-state index < -0.39 is 5.97 Å². The van der Waals surface area contributed by atoms with Crippen molar-refractivity contribution >= 4 is 22.8 Å². The number of benzene rings is 1. The number of nitrogens with one attached hydrogen (secondary N) is 1. The summed E-state index contributed by atoms with van der Waals surface area (Å²) in [6.45, 7) is 4.31. The maximum absolute atomic E-state index is 12.4. The number of amides is 1. The average Bonchev–Trinajstić information content (AvgIpc) is 3.08. The molecule has 1 aliphatic heterocycles. The first-order valence-electron chi connectivity index (χ1n) is 8.99. The van der Waals surface area contributed by atoms with Crippen LogP contribution in [0, 0.1) is 0 Å². The molecule has 2 aromatic rings. The van der Waals surface area contributed by atoms with E-state index in [0.717, 1.165) is 31.5 Å². The second kappa shape index (κ2) is 7.68. The van der Waals surface area contributed by atoms with Crippen molar-refractivity contribution in [2.45, 2.75) is 52.1 Å². The van der Waals surface area contributed by atoms with Crippen LogP contribution in [0.3, 0.4) is 0 Å². The summed E-state index contributed by atoms with van der Waals surface area (Å²) in [5.41, 5.74) is 0.687. The topological polar surface area (TPSA) is 90.3 Å². The maximum atomic E-state index is 12.4. The Kier molecular flexibility index (Phi) is 5.35. The highest BCUT2D eigenvalue weighted by Crippen LogP contribution is 2.16. The molecule has 7 heteroatoms. The molecule has 0 radical (unpaired) electrons. The van der Waals surface area contributed by atoms with Crippen LogP contribution >= 0.6 is 0 Å². The highest BCUT2D eigenvalue weighted by Gasteiger charge is 2.18. The SMILES string of the molecule is CCC[C@H](C)NC(=O)COC(=O)c1ccc2c(=O)n3c(nc2c1)CCC3. The number of carbonyl (C=O) groups is 2. The molecule has 0 saturated heterocycles. The Morgan fingerprint density at radius 3 is 2.96 bits per heavy atom. The number of ether oxygens (including phenoxy) is 1. The molecule has 1 aromatic carbocycles. The molecule has 0 spiro atoms. The molecule has 0 fully saturated rings. The number of rotatable bonds is 6. The minimum atomic E-state index is -0.604. The van der Waals surface area contributed by atoms with Crippen LogP contribution < -0.4 is 10.9 Å². The van der Waals surface area contributed by atoms with Gasteiger partial charge in [0.1, 0.15) is 5.82 Å². The van der Waals surface area contributed by atoms with Gasteiger partial charge in [-0.05, 0) is 38.0 Å².